The number of para-hydroxylation sites is 1. The van der Waals surface area contributed by atoms with Gasteiger partial charge >= 0.3 is 0 Å². The molecule has 14 heavy (non-hydrogen) atoms. The highest BCUT2D eigenvalue weighted by molar-refractivity contribution is 5.27. The average molecular weight is 192 g/mol. The summed E-state index contributed by atoms with van der Waals surface area (Å²) in [6, 6.07) is 9.07. The van der Waals surface area contributed by atoms with Gasteiger partial charge in [0.1, 0.15) is 6.54 Å². The van der Waals surface area contributed by atoms with Crippen LogP contribution in [0.5, 0.6) is 0 Å². The maximum absolute atomic E-state index is 11.4. The topological polar surface area (TPSA) is 38.4 Å². The van der Waals surface area contributed by atoms with Gasteiger partial charge in [-0.3, -0.25) is 0 Å². The summed E-state index contributed by atoms with van der Waals surface area (Å²) in [5.74, 6) is 0. The van der Waals surface area contributed by atoms with E-state index in [1.54, 1.807) is 12.1 Å². The molecule has 0 amide bonds. The van der Waals surface area contributed by atoms with Crippen LogP contribution in [0.25, 0.3) is 0 Å². The van der Waals surface area contributed by atoms with Crippen molar-refractivity contribution in [3.8, 4) is 0 Å². The highest BCUT2D eigenvalue weighted by Crippen LogP contribution is 2.09. The largest absolute Gasteiger partial charge is 0.594 e. The van der Waals surface area contributed by atoms with E-state index in [1.807, 2.05) is 18.2 Å². The molecule has 0 fully saturated rings. The molecule has 0 heterocycles. The quantitative estimate of drug-likeness (QED) is 0.304. The number of benzene rings is 1. The number of hydrogen-bond acceptors (Lipinski definition) is 2. The number of unbranched alkanes of at least 4 members (excludes halogenated alkanes) is 2. The van der Waals surface area contributed by atoms with E-state index in [-0.39, 0.29) is 0 Å². The normalized spacial score (nSPS) is 11.6. The molecule has 0 bridgehead atoms. The second kappa shape index (κ2) is 6.13. The highest BCUT2D eigenvalue weighted by atomic mass is 16.5. The molecule has 1 rings (SSSR count). The van der Waals surface area contributed by atoms with Gasteiger partial charge in [0, 0.05) is 12.1 Å². The Morgan fingerprint density at radius 1 is 1.21 bits per heavy atom. The Hall–Kier alpha value is -1.38. The molecule has 0 unspecified atom stereocenters. The van der Waals surface area contributed by atoms with Crippen LogP contribution in [0.15, 0.2) is 35.4 Å². The molecule has 0 atom stereocenters. The molecule has 3 nitrogen and oxygen atoms in total. The third-order valence-electron chi connectivity index (χ3n) is 1.97. The van der Waals surface area contributed by atoms with E-state index < -0.39 is 0 Å². The van der Waals surface area contributed by atoms with Crippen molar-refractivity contribution in [2.75, 3.05) is 6.54 Å². The summed E-state index contributed by atoms with van der Waals surface area (Å²) in [5.41, 5.74) is 0.601. The van der Waals surface area contributed by atoms with Gasteiger partial charge in [0.05, 0.1) is 0 Å². The Kier molecular flexibility index (Phi) is 4.69. The lowest BCUT2D eigenvalue weighted by atomic mass is 10.3. The molecule has 0 saturated carbocycles. The van der Waals surface area contributed by atoms with Crippen LogP contribution < -0.4 is 0 Å². The van der Waals surface area contributed by atoms with Gasteiger partial charge < -0.3 is 5.21 Å². The number of rotatable bonds is 5. The van der Waals surface area contributed by atoms with Crippen LogP contribution >= 0.6 is 0 Å². The van der Waals surface area contributed by atoms with Crippen LogP contribution in [-0.2, 0) is 0 Å². The van der Waals surface area contributed by atoms with Crippen molar-refractivity contribution in [1.82, 2.24) is 0 Å². The molecule has 0 radical (unpaired) electrons. The fraction of sp³-hybridized carbons (Fsp3) is 0.455. The lowest BCUT2D eigenvalue weighted by molar-refractivity contribution is -0.442. The van der Waals surface area contributed by atoms with Crippen molar-refractivity contribution >= 4 is 5.69 Å². The molecular formula is C11H16N2O. The minimum atomic E-state index is 0.601. The third-order valence-corrected chi connectivity index (χ3v) is 1.97. The predicted molar refractivity (Wildman–Crippen MR) is 56.5 cm³/mol. The Morgan fingerprint density at radius 3 is 2.57 bits per heavy atom. The van der Waals surface area contributed by atoms with E-state index in [0.29, 0.717) is 17.1 Å². The molecule has 0 N–H and O–H groups in total. The summed E-state index contributed by atoms with van der Waals surface area (Å²) in [4.78, 5) is 0.704. The second-order valence-electron chi connectivity index (χ2n) is 3.18. The van der Waals surface area contributed by atoms with E-state index in [9.17, 15) is 5.21 Å². The first-order valence-corrected chi connectivity index (χ1v) is 5.04. The molecule has 0 aliphatic heterocycles. The summed E-state index contributed by atoms with van der Waals surface area (Å²) in [7, 11) is 0. The lowest BCUT2D eigenvalue weighted by Crippen LogP contribution is -1.93. The molecule has 1 aromatic carbocycles. The first-order valence-electron chi connectivity index (χ1n) is 5.04. The van der Waals surface area contributed by atoms with Gasteiger partial charge in [-0.25, -0.2) is 0 Å². The van der Waals surface area contributed by atoms with Gasteiger partial charge in [-0.05, 0) is 11.5 Å². The minimum Gasteiger partial charge on any atom is -0.594 e. The zero-order chi connectivity index (χ0) is 10.2. The maximum Gasteiger partial charge on any atom is 0.244 e. The van der Waals surface area contributed by atoms with Gasteiger partial charge in [0.2, 0.25) is 5.69 Å². The maximum atomic E-state index is 11.4. The fourth-order valence-corrected chi connectivity index (χ4v) is 1.16. The molecule has 3 heteroatoms. The number of hydrogen-bond donors (Lipinski definition) is 0. The van der Waals surface area contributed by atoms with Gasteiger partial charge in [0.15, 0.2) is 0 Å². The van der Waals surface area contributed by atoms with Crippen LogP contribution in [0.2, 0.25) is 0 Å². The molecule has 0 saturated heterocycles. The summed E-state index contributed by atoms with van der Waals surface area (Å²) in [6.07, 6.45) is 3.27. The number of nitrogens with zero attached hydrogens (tertiary/aromatic N) is 2. The Bertz CT molecular complexity index is 283. The molecule has 0 spiro atoms. The third kappa shape index (κ3) is 3.56. The highest BCUT2D eigenvalue weighted by Gasteiger charge is 1.99. The van der Waals surface area contributed by atoms with Gasteiger partial charge in [-0.1, -0.05) is 42.8 Å². The van der Waals surface area contributed by atoms with Gasteiger partial charge in [-0.2, -0.15) is 0 Å². The molecule has 0 aromatic heterocycles. The van der Waals surface area contributed by atoms with Crippen molar-refractivity contribution in [2.45, 2.75) is 26.2 Å². The predicted octanol–water partition coefficient (Wildman–Crippen LogP) is 3.47. The molecule has 0 aliphatic rings. The van der Waals surface area contributed by atoms with Crippen molar-refractivity contribution in [2.24, 2.45) is 5.11 Å². The molecule has 1 aromatic rings. The van der Waals surface area contributed by atoms with E-state index in [4.69, 9.17) is 0 Å². The second-order valence-corrected chi connectivity index (χ2v) is 3.18. The number of azo groups is 1. The molecule has 76 valence electrons. The fourth-order valence-electron chi connectivity index (χ4n) is 1.16. The summed E-state index contributed by atoms with van der Waals surface area (Å²) < 4.78 is 0. The van der Waals surface area contributed by atoms with Crippen molar-refractivity contribution in [3.05, 3.63) is 35.5 Å². The Labute approximate surface area is 84.7 Å². The van der Waals surface area contributed by atoms with E-state index >= 15 is 0 Å². The van der Waals surface area contributed by atoms with Crippen LogP contribution in [0.3, 0.4) is 0 Å². The van der Waals surface area contributed by atoms with Crippen LogP contribution in [-0.4, -0.2) is 11.4 Å². The Balaban J connectivity index is 2.44. The van der Waals surface area contributed by atoms with Crippen molar-refractivity contribution < 1.29 is 4.86 Å². The Morgan fingerprint density at radius 2 is 1.93 bits per heavy atom. The van der Waals surface area contributed by atoms with E-state index in [2.05, 4.69) is 12.0 Å². The van der Waals surface area contributed by atoms with Crippen LogP contribution in [0.4, 0.5) is 5.69 Å². The SMILES string of the molecule is CCCCCN=[N+]([O-])c1ccccc1. The standard InChI is InChI=1S/C11H16N2O/c1-2-3-7-10-12-13(14)11-8-5-4-6-9-11/h4-6,8-9H,2-3,7,10H2,1H3. The molecular weight excluding hydrogens is 176 g/mol. The van der Waals surface area contributed by atoms with Crippen molar-refractivity contribution in [1.29, 1.82) is 0 Å². The first-order chi connectivity index (χ1) is 6.84. The van der Waals surface area contributed by atoms with E-state index in [1.165, 1.54) is 0 Å². The summed E-state index contributed by atoms with van der Waals surface area (Å²) in [6.45, 7) is 2.75. The van der Waals surface area contributed by atoms with Gasteiger partial charge in [-0.15, -0.1) is 0 Å². The van der Waals surface area contributed by atoms with Crippen LogP contribution in [0.1, 0.15) is 26.2 Å². The average Bonchev–Trinajstić information content (AvgIpc) is 2.25. The summed E-state index contributed by atoms with van der Waals surface area (Å²) >= 11 is 0. The molecule has 0 aliphatic carbocycles. The van der Waals surface area contributed by atoms with Crippen molar-refractivity contribution in [3.63, 3.8) is 0 Å². The van der Waals surface area contributed by atoms with Gasteiger partial charge in [0.25, 0.3) is 0 Å². The zero-order valence-electron chi connectivity index (χ0n) is 8.52. The zero-order valence-corrected chi connectivity index (χ0v) is 8.52. The van der Waals surface area contributed by atoms with Crippen LogP contribution in [0, 0.1) is 5.21 Å². The lowest BCUT2D eigenvalue weighted by Gasteiger charge is -1.98. The monoisotopic (exact) mass is 192 g/mol. The summed E-state index contributed by atoms with van der Waals surface area (Å²) in [5, 5.41) is 15.3. The first kappa shape index (κ1) is 10.7. The minimum absolute atomic E-state index is 0.601. The van der Waals surface area contributed by atoms with E-state index in [0.717, 1.165) is 19.3 Å². The smallest absolute Gasteiger partial charge is 0.244 e.